The Hall–Kier alpha value is -1.88. The Morgan fingerprint density at radius 3 is 2.87 bits per heavy atom. The molecule has 0 amide bonds. The summed E-state index contributed by atoms with van der Waals surface area (Å²) < 4.78 is 6.86. The molecule has 0 saturated carbocycles. The number of ether oxygens (including phenoxy) is 1. The summed E-state index contributed by atoms with van der Waals surface area (Å²) in [6, 6.07) is 1.20. The third-order valence-corrected chi connectivity index (χ3v) is 3.84. The molecule has 1 aliphatic rings. The maximum absolute atomic E-state index is 12.1. The Kier molecular flexibility index (Phi) is 5.77. The number of hydrogen-bond donors (Lipinski definition) is 3. The van der Waals surface area contributed by atoms with E-state index in [1.807, 2.05) is 0 Å². The molecule has 3 N–H and O–H groups in total. The first kappa shape index (κ1) is 17.5. The van der Waals surface area contributed by atoms with Crippen molar-refractivity contribution in [3.05, 3.63) is 33.1 Å². The number of nitrogens with one attached hydrogen (secondary N) is 1. The van der Waals surface area contributed by atoms with Crippen LogP contribution in [0.2, 0.25) is 0 Å². The summed E-state index contributed by atoms with van der Waals surface area (Å²) in [5, 5.41) is 19.3. The summed E-state index contributed by atoms with van der Waals surface area (Å²) in [6.45, 7) is 1.72. The normalized spacial score (nSPS) is 26.7. The molecular formula is C16H22N2O5. The van der Waals surface area contributed by atoms with Crippen molar-refractivity contribution in [1.29, 1.82) is 0 Å². The number of H-pyrrole nitrogens is 1. The van der Waals surface area contributed by atoms with Gasteiger partial charge in [0.15, 0.2) is 0 Å². The highest BCUT2D eigenvalue weighted by Crippen LogP contribution is 2.33. The SMILES string of the molecule is CCCCCC#C[C@]1(n2ccc(=O)[nH]c2=O)C[C@H](O)[C@@H](CO)O1. The van der Waals surface area contributed by atoms with E-state index in [2.05, 4.69) is 23.7 Å². The molecule has 7 heteroatoms. The number of aromatic nitrogens is 2. The van der Waals surface area contributed by atoms with Gasteiger partial charge in [-0.05, 0) is 12.3 Å². The molecule has 1 aromatic rings. The Bertz CT molecular complexity index is 699. The Labute approximate surface area is 133 Å². The van der Waals surface area contributed by atoms with Gasteiger partial charge >= 0.3 is 5.69 Å². The molecule has 1 aromatic heterocycles. The van der Waals surface area contributed by atoms with Crippen molar-refractivity contribution in [2.75, 3.05) is 6.61 Å². The maximum atomic E-state index is 12.1. The van der Waals surface area contributed by atoms with Gasteiger partial charge in [-0.2, -0.15) is 0 Å². The summed E-state index contributed by atoms with van der Waals surface area (Å²) in [6.07, 6.45) is 3.31. The summed E-state index contributed by atoms with van der Waals surface area (Å²) in [5.74, 6) is 5.91. The third kappa shape index (κ3) is 3.91. The molecule has 7 nitrogen and oxygen atoms in total. The first-order chi connectivity index (χ1) is 11.0. The molecule has 0 spiro atoms. The van der Waals surface area contributed by atoms with Crippen molar-refractivity contribution in [2.24, 2.45) is 0 Å². The zero-order valence-electron chi connectivity index (χ0n) is 13.1. The Morgan fingerprint density at radius 2 is 2.26 bits per heavy atom. The fourth-order valence-corrected chi connectivity index (χ4v) is 2.61. The fourth-order valence-electron chi connectivity index (χ4n) is 2.61. The van der Waals surface area contributed by atoms with Gasteiger partial charge in [-0.25, -0.2) is 4.79 Å². The van der Waals surface area contributed by atoms with Crippen LogP contribution in [0.15, 0.2) is 21.9 Å². The largest absolute Gasteiger partial charge is 0.394 e. The van der Waals surface area contributed by atoms with Crippen molar-refractivity contribution in [3.8, 4) is 11.8 Å². The minimum absolute atomic E-state index is 0.0466. The average molecular weight is 322 g/mol. The van der Waals surface area contributed by atoms with Gasteiger partial charge in [-0.1, -0.05) is 25.7 Å². The molecule has 0 bridgehead atoms. The second-order valence-corrected chi connectivity index (χ2v) is 5.63. The van der Waals surface area contributed by atoms with E-state index in [9.17, 15) is 19.8 Å². The third-order valence-electron chi connectivity index (χ3n) is 3.84. The standard InChI is InChI=1S/C16H22N2O5/c1-2-3-4-5-6-8-16(10-12(20)13(11-19)23-16)18-9-7-14(21)17-15(18)22/h7,9,12-13,19-20H,2-5,10-11H2,1H3,(H,17,21,22)/t12-,13+,16+/m0/s1. The maximum Gasteiger partial charge on any atom is 0.331 e. The van der Waals surface area contributed by atoms with Crippen molar-refractivity contribution in [1.82, 2.24) is 9.55 Å². The summed E-state index contributed by atoms with van der Waals surface area (Å²) in [7, 11) is 0. The number of rotatable bonds is 5. The lowest BCUT2D eigenvalue weighted by atomic mass is 10.1. The first-order valence-corrected chi connectivity index (χ1v) is 7.81. The van der Waals surface area contributed by atoms with Crippen LogP contribution < -0.4 is 11.2 Å². The lowest BCUT2D eigenvalue weighted by molar-refractivity contribution is -0.0837. The van der Waals surface area contributed by atoms with Crippen LogP contribution in [-0.2, 0) is 10.5 Å². The van der Waals surface area contributed by atoms with E-state index in [1.165, 1.54) is 16.8 Å². The van der Waals surface area contributed by atoms with Crippen LogP contribution in [0.1, 0.15) is 39.0 Å². The molecule has 0 unspecified atom stereocenters. The van der Waals surface area contributed by atoms with E-state index >= 15 is 0 Å². The van der Waals surface area contributed by atoms with Crippen molar-refractivity contribution < 1.29 is 14.9 Å². The Morgan fingerprint density at radius 1 is 1.48 bits per heavy atom. The lowest BCUT2D eigenvalue weighted by Gasteiger charge is -2.25. The minimum atomic E-state index is -1.37. The molecule has 1 aliphatic heterocycles. The summed E-state index contributed by atoms with van der Waals surface area (Å²) >= 11 is 0. The topological polar surface area (TPSA) is 105 Å². The molecule has 1 fully saturated rings. The number of nitrogens with zero attached hydrogens (tertiary/aromatic N) is 1. The van der Waals surface area contributed by atoms with Gasteiger partial charge in [0.25, 0.3) is 5.56 Å². The highest BCUT2D eigenvalue weighted by atomic mass is 16.6. The zero-order valence-corrected chi connectivity index (χ0v) is 13.1. The van der Waals surface area contributed by atoms with Gasteiger partial charge in [0.05, 0.1) is 12.7 Å². The van der Waals surface area contributed by atoms with E-state index in [1.54, 1.807) is 0 Å². The number of aromatic amines is 1. The van der Waals surface area contributed by atoms with Gasteiger partial charge in [0.2, 0.25) is 5.72 Å². The van der Waals surface area contributed by atoms with Crippen LogP contribution in [0.25, 0.3) is 0 Å². The Balaban J connectivity index is 2.36. The molecule has 2 rings (SSSR count). The number of unbranched alkanes of at least 4 members (excludes halogenated alkanes) is 3. The fraction of sp³-hybridized carbons (Fsp3) is 0.625. The van der Waals surface area contributed by atoms with Crippen molar-refractivity contribution in [2.45, 2.75) is 57.0 Å². The minimum Gasteiger partial charge on any atom is -0.394 e. The predicted molar refractivity (Wildman–Crippen MR) is 83.8 cm³/mol. The zero-order chi connectivity index (χ0) is 16.9. The second-order valence-electron chi connectivity index (χ2n) is 5.63. The van der Waals surface area contributed by atoms with Crippen LogP contribution in [0.5, 0.6) is 0 Å². The van der Waals surface area contributed by atoms with Gasteiger partial charge in [0.1, 0.15) is 6.10 Å². The molecule has 1 saturated heterocycles. The molecule has 0 aliphatic carbocycles. The van der Waals surface area contributed by atoms with E-state index in [4.69, 9.17) is 4.74 Å². The average Bonchev–Trinajstić information content (AvgIpc) is 2.84. The smallest absolute Gasteiger partial charge is 0.331 e. The van der Waals surface area contributed by atoms with Crippen LogP contribution in [-0.4, -0.2) is 38.6 Å². The highest BCUT2D eigenvalue weighted by molar-refractivity contribution is 5.16. The van der Waals surface area contributed by atoms with E-state index in [0.29, 0.717) is 6.42 Å². The van der Waals surface area contributed by atoms with Crippen LogP contribution in [0.3, 0.4) is 0 Å². The quantitative estimate of drug-likeness (QED) is 0.519. The molecule has 0 radical (unpaired) electrons. The van der Waals surface area contributed by atoms with E-state index in [-0.39, 0.29) is 13.0 Å². The van der Waals surface area contributed by atoms with Gasteiger partial charge in [-0.15, -0.1) is 0 Å². The lowest BCUT2D eigenvalue weighted by Crippen LogP contribution is -2.43. The van der Waals surface area contributed by atoms with Gasteiger partial charge in [-0.3, -0.25) is 14.3 Å². The predicted octanol–water partition coefficient (Wildman–Crippen LogP) is -0.0848. The van der Waals surface area contributed by atoms with E-state index in [0.717, 1.165) is 19.3 Å². The molecule has 3 atom stereocenters. The van der Waals surface area contributed by atoms with Crippen molar-refractivity contribution >= 4 is 0 Å². The second kappa shape index (κ2) is 7.59. The summed E-state index contributed by atoms with van der Waals surface area (Å²) in [4.78, 5) is 25.5. The van der Waals surface area contributed by atoms with Crippen molar-refractivity contribution in [3.63, 3.8) is 0 Å². The molecule has 0 aromatic carbocycles. The van der Waals surface area contributed by atoms with E-state index < -0.39 is 29.2 Å². The van der Waals surface area contributed by atoms with Crippen LogP contribution >= 0.6 is 0 Å². The molecule has 23 heavy (non-hydrogen) atoms. The van der Waals surface area contributed by atoms with Crippen LogP contribution in [0.4, 0.5) is 0 Å². The first-order valence-electron chi connectivity index (χ1n) is 7.81. The monoisotopic (exact) mass is 322 g/mol. The van der Waals surface area contributed by atoms with Gasteiger partial charge in [0, 0.05) is 25.1 Å². The van der Waals surface area contributed by atoms with Crippen LogP contribution in [0, 0.1) is 11.8 Å². The van der Waals surface area contributed by atoms with Gasteiger partial charge < -0.3 is 14.9 Å². The molecule has 126 valence electrons. The summed E-state index contributed by atoms with van der Waals surface area (Å²) in [5.41, 5.74) is -2.55. The molecule has 2 heterocycles. The molecular weight excluding hydrogens is 300 g/mol. The number of hydrogen-bond acceptors (Lipinski definition) is 5. The number of aliphatic hydroxyl groups excluding tert-OH is 2. The highest BCUT2D eigenvalue weighted by Gasteiger charge is 2.47. The number of aliphatic hydroxyl groups is 2.